The lowest BCUT2D eigenvalue weighted by molar-refractivity contribution is -0.137. The smallest absolute Gasteiger partial charge is 0.255 e. The highest BCUT2D eigenvalue weighted by molar-refractivity contribution is 6.28. The second-order valence-corrected chi connectivity index (χ2v) is 11.8. The van der Waals surface area contributed by atoms with Gasteiger partial charge in [0, 0.05) is 29.3 Å². The van der Waals surface area contributed by atoms with Gasteiger partial charge in [-0.2, -0.15) is 0 Å². The summed E-state index contributed by atoms with van der Waals surface area (Å²) < 4.78 is 5.98. The third kappa shape index (κ3) is 3.40. The number of ketones is 2. The van der Waals surface area contributed by atoms with E-state index in [0.29, 0.717) is 48.8 Å². The molecule has 6 rings (SSSR count). The number of nitrogens with one attached hydrogen (secondary N) is 1. The van der Waals surface area contributed by atoms with Crippen molar-refractivity contribution < 1.29 is 34.4 Å². The van der Waals surface area contributed by atoms with Crippen LogP contribution in [0.3, 0.4) is 0 Å². The molecule has 1 saturated carbocycles. The number of aromatic hydroxyl groups is 1. The molecular formula is C29H36N4O7. The summed E-state index contributed by atoms with van der Waals surface area (Å²) in [5, 5.41) is 37.5. The van der Waals surface area contributed by atoms with Gasteiger partial charge in [-0.3, -0.25) is 24.2 Å². The molecule has 1 amide bonds. The van der Waals surface area contributed by atoms with Crippen molar-refractivity contribution in [1.29, 1.82) is 0 Å². The van der Waals surface area contributed by atoms with Crippen LogP contribution in [-0.4, -0.2) is 89.5 Å². The number of allylic oxidation sites excluding steroid dienone is 1. The van der Waals surface area contributed by atoms with Gasteiger partial charge >= 0.3 is 0 Å². The van der Waals surface area contributed by atoms with Gasteiger partial charge in [-0.05, 0) is 64.2 Å². The maximum atomic E-state index is 14.1. The molecule has 0 spiro atoms. The van der Waals surface area contributed by atoms with E-state index in [9.17, 15) is 29.7 Å². The molecule has 5 aliphatic rings. The number of fused-ring (bicyclic) bond motifs is 6. The highest BCUT2D eigenvalue weighted by Crippen LogP contribution is 2.58. The number of likely N-dealkylation sites (tertiary alicyclic amines) is 1. The van der Waals surface area contributed by atoms with E-state index in [1.54, 1.807) is 19.1 Å². The number of ether oxygens (including phenoxy) is 1. The Balaban J connectivity index is 1.53. The highest BCUT2D eigenvalue weighted by atomic mass is 16.5. The fourth-order valence-electron chi connectivity index (χ4n) is 8.12. The van der Waals surface area contributed by atoms with E-state index in [4.69, 9.17) is 10.5 Å². The number of phenolic OH excluding ortho intramolecular Hbond substituents is 1. The van der Waals surface area contributed by atoms with Gasteiger partial charge in [0.05, 0.1) is 30.3 Å². The number of carbonyl (C=O) groups excluding carboxylic acids is 3. The largest absolute Gasteiger partial charge is 0.510 e. The number of aliphatic hydroxyl groups excluding tert-OH is 2. The normalized spacial score (nSPS) is 31.3. The van der Waals surface area contributed by atoms with E-state index in [2.05, 4.69) is 17.3 Å². The van der Waals surface area contributed by atoms with Crippen LogP contribution in [0.25, 0.3) is 5.76 Å². The predicted molar refractivity (Wildman–Crippen MR) is 146 cm³/mol. The zero-order valence-electron chi connectivity index (χ0n) is 23.2. The minimum absolute atomic E-state index is 0.0418. The summed E-state index contributed by atoms with van der Waals surface area (Å²) in [5.41, 5.74) is 7.08. The topological polar surface area (TPSA) is 166 Å². The molecular weight excluding hydrogens is 516 g/mol. The first kappa shape index (κ1) is 26.6. The van der Waals surface area contributed by atoms with Crippen LogP contribution < -0.4 is 15.8 Å². The van der Waals surface area contributed by atoms with Crippen molar-refractivity contribution >= 4 is 28.9 Å². The number of anilines is 1. The summed E-state index contributed by atoms with van der Waals surface area (Å²) in [6.45, 7) is 3.94. The third-order valence-corrected chi connectivity index (χ3v) is 9.95. The summed E-state index contributed by atoms with van der Waals surface area (Å²) in [5.74, 6) is -4.89. The molecule has 1 aromatic carbocycles. The molecule has 2 aliphatic heterocycles. The fraction of sp³-hybridized carbons (Fsp3) is 0.552. The SMILES string of the molecule is CCN(C)[C@@H]1C(O)=C(C(N)=O)C(=O)C2C(=O)C3=C(O)c4c(O)c5c(c(OC)c4C[C@H]3C[C@H]21)C1C(CCN1C)CN5. The molecule has 2 heterocycles. The summed E-state index contributed by atoms with van der Waals surface area (Å²) in [4.78, 5) is 43.8. The summed E-state index contributed by atoms with van der Waals surface area (Å²) in [6.07, 6.45) is 1.62. The Hall–Kier alpha value is -3.57. The zero-order chi connectivity index (χ0) is 28.8. The van der Waals surface area contributed by atoms with Crippen LogP contribution in [0, 0.1) is 23.7 Å². The molecule has 2 fully saturated rings. The van der Waals surface area contributed by atoms with Crippen LogP contribution in [-0.2, 0) is 20.8 Å². The summed E-state index contributed by atoms with van der Waals surface area (Å²) in [6, 6.07) is -0.722. The van der Waals surface area contributed by atoms with E-state index < -0.39 is 52.6 Å². The molecule has 3 aliphatic carbocycles. The van der Waals surface area contributed by atoms with Crippen LogP contribution in [0.2, 0.25) is 0 Å². The van der Waals surface area contributed by atoms with Crippen molar-refractivity contribution in [3.8, 4) is 11.5 Å². The number of Topliss-reactive ketones (excluding diaryl/α,β-unsaturated/α-hetero) is 2. The van der Waals surface area contributed by atoms with Gasteiger partial charge in [0.2, 0.25) is 0 Å². The lowest BCUT2D eigenvalue weighted by Gasteiger charge is -2.47. The molecule has 0 bridgehead atoms. The number of phenols is 1. The van der Waals surface area contributed by atoms with E-state index in [-0.39, 0.29) is 28.7 Å². The van der Waals surface area contributed by atoms with Gasteiger partial charge in [-0.1, -0.05) is 6.92 Å². The van der Waals surface area contributed by atoms with Crippen LogP contribution in [0.5, 0.6) is 11.5 Å². The zero-order valence-corrected chi connectivity index (χ0v) is 23.2. The quantitative estimate of drug-likeness (QED) is 0.211. The lowest BCUT2D eigenvalue weighted by Crippen LogP contribution is -2.56. The Morgan fingerprint density at radius 1 is 1.23 bits per heavy atom. The number of amides is 1. The van der Waals surface area contributed by atoms with Gasteiger partial charge in [0.25, 0.3) is 5.91 Å². The van der Waals surface area contributed by atoms with Crippen LogP contribution in [0.4, 0.5) is 5.69 Å². The molecule has 11 heteroatoms. The fourth-order valence-corrected chi connectivity index (χ4v) is 8.12. The van der Waals surface area contributed by atoms with Gasteiger partial charge in [0.15, 0.2) is 17.3 Å². The Kier molecular flexibility index (Phi) is 6.15. The third-order valence-electron chi connectivity index (χ3n) is 9.95. The maximum absolute atomic E-state index is 14.1. The van der Waals surface area contributed by atoms with Crippen molar-refractivity contribution in [2.45, 2.75) is 38.3 Å². The molecule has 0 aromatic heterocycles. The average molecular weight is 553 g/mol. The van der Waals surface area contributed by atoms with Crippen molar-refractivity contribution in [3.05, 3.63) is 33.6 Å². The highest BCUT2D eigenvalue weighted by Gasteiger charge is 2.56. The number of nitrogens with two attached hydrogens (primary N) is 1. The van der Waals surface area contributed by atoms with Crippen molar-refractivity contribution in [2.24, 2.45) is 29.4 Å². The van der Waals surface area contributed by atoms with Crippen molar-refractivity contribution in [2.75, 3.05) is 46.2 Å². The minimum Gasteiger partial charge on any atom is -0.510 e. The average Bonchev–Trinajstić information content (AvgIpc) is 3.28. The number of methoxy groups -OCH3 is 1. The first-order valence-electron chi connectivity index (χ1n) is 13.9. The second-order valence-electron chi connectivity index (χ2n) is 11.8. The first-order chi connectivity index (χ1) is 19.0. The van der Waals surface area contributed by atoms with Crippen LogP contribution in [0.15, 0.2) is 16.9 Å². The number of hydrogen-bond donors (Lipinski definition) is 5. The molecule has 6 N–H and O–H groups in total. The number of aliphatic hydroxyl groups is 2. The molecule has 1 saturated heterocycles. The Bertz CT molecular complexity index is 1420. The standard InChI is InChI=1S/C29H36N4O7/c1-5-32(2)22-13-8-12-9-14-17(24(35)15(12)23(34)16(13)25(36)19(27(22)38)29(30)39)26(37)20-18(28(14)40-4)21-11(10-31-20)6-7-33(21)3/h11-13,16,21-22,31,35,37-38H,5-10H2,1-4H3,(H2,30,39)/t11?,12-,13-,16?,21?,22+/m1/s1. The molecule has 6 atom stereocenters. The number of primary amides is 1. The monoisotopic (exact) mass is 552 g/mol. The second kappa shape index (κ2) is 9.24. The van der Waals surface area contributed by atoms with E-state index in [1.165, 1.54) is 0 Å². The van der Waals surface area contributed by atoms with E-state index in [1.807, 2.05) is 6.92 Å². The summed E-state index contributed by atoms with van der Waals surface area (Å²) >= 11 is 0. The maximum Gasteiger partial charge on any atom is 0.255 e. The Labute approximate surface area is 232 Å². The number of benzene rings is 1. The number of rotatable bonds is 4. The number of nitrogens with zero attached hydrogens (tertiary/aromatic N) is 2. The van der Waals surface area contributed by atoms with Gasteiger partial charge in [-0.25, -0.2) is 0 Å². The Morgan fingerprint density at radius 3 is 2.60 bits per heavy atom. The van der Waals surface area contributed by atoms with Crippen LogP contribution in [0.1, 0.15) is 42.5 Å². The molecule has 11 nitrogen and oxygen atoms in total. The van der Waals surface area contributed by atoms with Gasteiger partial charge < -0.3 is 31.1 Å². The molecule has 214 valence electrons. The molecule has 3 unspecified atom stereocenters. The first-order valence-corrected chi connectivity index (χ1v) is 13.9. The summed E-state index contributed by atoms with van der Waals surface area (Å²) in [7, 11) is 5.38. The molecule has 0 radical (unpaired) electrons. The predicted octanol–water partition coefficient (Wildman–Crippen LogP) is 1.67. The number of likely N-dealkylation sites (N-methyl/N-ethyl adjacent to an activating group) is 1. The van der Waals surface area contributed by atoms with Gasteiger partial charge in [0.1, 0.15) is 22.8 Å². The Morgan fingerprint density at radius 2 is 1.95 bits per heavy atom. The number of hydrogen-bond acceptors (Lipinski definition) is 10. The minimum atomic E-state index is -1.28. The van der Waals surface area contributed by atoms with E-state index in [0.717, 1.165) is 18.5 Å². The lowest BCUT2D eigenvalue weighted by atomic mass is 9.59. The molecule has 40 heavy (non-hydrogen) atoms. The van der Waals surface area contributed by atoms with E-state index >= 15 is 0 Å². The van der Waals surface area contributed by atoms with Gasteiger partial charge in [-0.15, -0.1) is 0 Å². The van der Waals surface area contributed by atoms with Crippen LogP contribution >= 0.6 is 0 Å². The molecule has 1 aromatic rings. The van der Waals surface area contributed by atoms with Crippen molar-refractivity contribution in [3.63, 3.8) is 0 Å². The number of carbonyl (C=O) groups is 3. The van der Waals surface area contributed by atoms with Crippen molar-refractivity contribution in [1.82, 2.24) is 9.80 Å².